The van der Waals surface area contributed by atoms with Crippen molar-refractivity contribution in [1.82, 2.24) is 5.32 Å². The minimum absolute atomic E-state index is 0.368. The van der Waals surface area contributed by atoms with Gasteiger partial charge in [-0.3, -0.25) is 10.1 Å². The maximum absolute atomic E-state index is 10.3. The molecule has 0 bridgehead atoms. The summed E-state index contributed by atoms with van der Waals surface area (Å²) in [5, 5.41) is 13.0. The highest BCUT2D eigenvalue weighted by atomic mass is 16.6. The van der Waals surface area contributed by atoms with Gasteiger partial charge in [0.25, 0.3) is 0 Å². The van der Waals surface area contributed by atoms with E-state index in [0.29, 0.717) is 0 Å². The van der Waals surface area contributed by atoms with Gasteiger partial charge in [-0.1, -0.05) is 6.08 Å². The van der Waals surface area contributed by atoms with E-state index in [1.807, 2.05) is 0 Å². The summed E-state index contributed by atoms with van der Waals surface area (Å²) in [5.74, 6) is 0. The molecule has 0 aromatic carbocycles. The SMILES string of the molecule is CC1([N+](=O)[O-])C=CC=CN1. The lowest BCUT2D eigenvalue weighted by molar-refractivity contribution is -0.556. The fraction of sp³-hybridized carbons (Fsp3) is 0.333. The number of nitro groups is 1. The monoisotopic (exact) mass is 140 g/mol. The van der Waals surface area contributed by atoms with Gasteiger partial charge in [0, 0.05) is 19.2 Å². The van der Waals surface area contributed by atoms with Gasteiger partial charge in [0.2, 0.25) is 0 Å². The fourth-order valence-corrected chi connectivity index (χ4v) is 0.677. The molecule has 1 aliphatic rings. The summed E-state index contributed by atoms with van der Waals surface area (Å²) in [6.07, 6.45) is 6.43. The van der Waals surface area contributed by atoms with Crippen LogP contribution in [0.5, 0.6) is 0 Å². The molecule has 1 atom stereocenters. The van der Waals surface area contributed by atoms with Gasteiger partial charge in [-0.2, -0.15) is 0 Å². The topological polar surface area (TPSA) is 55.2 Å². The predicted octanol–water partition coefficient (Wildman–Crippen LogP) is 0.652. The quantitative estimate of drug-likeness (QED) is 0.429. The molecule has 10 heavy (non-hydrogen) atoms. The summed E-state index contributed by atoms with van der Waals surface area (Å²) >= 11 is 0. The lowest BCUT2D eigenvalue weighted by Crippen LogP contribution is -2.45. The Balaban J connectivity index is 2.80. The molecular formula is C6H8N2O2. The molecule has 0 amide bonds. The molecule has 1 unspecified atom stereocenters. The molecule has 1 heterocycles. The summed E-state index contributed by atoms with van der Waals surface area (Å²) in [4.78, 5) is 9.97. The smallest absolute Gasteiger partial charge is 0.310 e. The van der Waals surface area contributed by atoms with Crippen molar-refractivity contribution in [3.63, 3.8) is 0 Å². The summed E-state index contributed by atoms with van der Waals surface area (Å²) in [6, 6.07) is 0. The van der Waals surface area contributed by atoms with E-state index in [1.54, 1.807) is 18.4 Å². The van der Waals surface area contributed by atoms with Crippen molar-refractivity contribution in [3.8, 4) is 0 Å². The normalized spacial score (nSPS) is 29.7. The largest absolute Gasteiger partial charge is 0.325 e. The van der Waals surface area contributed by atoms with Crippen molar-refractivity contribution in [3.05, 3.63) is 34.5 Å². The summed E-state index contributed by atoms with van der Waals surface area (Å²) in [6.45, 7) is 1.51. The van der Waals surface area contributed by atoms with Gasteiger partial charge >= 0.3 is 5.66 Å². The highest BCUT2D eigenvalue weighted by Crippen LogP contribution is 2.09. The van der Waals surface area contributed by atoms with E-state index in [2.05, 4.69) is 5.32 Å². The number of nitrogens with one attached hydrogen (secondary N) is 1. The molecular weight excluding hydrogens is 132 g/mol. The molecule has 0 aromatic rings. The van der Waals surface area contributed by atoms with Crippen LogP contribution in [0.1, 0.15) is 6.92 Å². The Labute approximate surface area is 58.4 Å². The molecule has 0 spiro atoms. The van der Waals surface area contributed by atoms with Gasteiger partial charge in [0.1, 0.15) is 0 Å². The van der Waals surface area contributed by atoms with Gasteiger partial charge in [0.05, 0.1) is 4.92 Å². The van der Waals surface area contributed by atoms with E-state index in [1.165, 1.54) is 13.0 Å². The zero-order valence-electron chi connectivity index (χ0n) is 5.57. The van der Waals surface area contributed by atoms with Crippen LogP contribution in [0, 0.1) is 10.1 Å². The first kappa shape index (κ1) is 6.80. The molecule has 0 saturated carbocycles. The molecule has 1 rings (SSSR count). The molecule has 0 fully saturated rings. The van der Waals surface area contributed by atoms with Gasteiger partial charge in [-0.05, 0) is 6.08 Å². The first-order valence-corrected chi connectivity index (χ1v) is 2.92. The number of hydrogen-bond donors (Lipinski definition) is 1. The minimum atomic E-state index is -1.12. The minimum Gasteiger partial charge on any atom is -0.325 e. The number of nitrogens with zero attached hydrogens (tertiary/aromatic N) is 1. The highest BCUT2D eigenvalue weighted by Gasteiger charge is 2.32. The van der Waals surface area contributed by atoms with Gasteiger partial charge < -0.3 is 5.32 Å². The van der Waals surface area contributed by atoms with E-state index in [0.717, 1.165) is 0 Å². The van der Waals surface area contributed by atoms with Crippen molar-refractivity contribution in [2.75, 3.05) is 0 Å². The number of allylic oxidation sites excluding steroid dienone is 2. The zero-order valence-corrected chi connectivity index (χ0v) is 5.57. The summed E-state index contributed by atoms with van der Waals surface area (Å²) in [7, 11) is 0. The maximum atomic E-state index is 10.3. The van der Waals surface area contributed by atoms with Crippen LogP contribution >= 0.6 is 0 Å². The Morgan fingerprint density at radius 1 is 1.60 bits per heavy atom. The van der Waals surface area contributed by atoms with Crippen LogP contribution in [0.2, 0.25) is 0 Å². The van der Waals surface area contributed by atoms with E-state index in [4.69, 9.17) is 0 Å². The van der Waals surface area contributed by atoms with Crippen molar-refractivity contribution in [2.24, 2.45) is 0 Å². The van der Waals surface area contributed by atoms with E-state index in [-0.39, 0.29) is 4.92 Å². The second-order valence-electron chi connectivity index (χ2n) is 2.27. The Hall–Kier alpha value is -1.32. The molecule has 54 valence electrons. The Morgan fingerprint density at radius 3 is 2.60 bits per heavy atom. The van der Waals surface area contributed by atoms with Crippen LogP contribution < -0.4 is 5.32 Å². The van der Waals surface area contributed by atoms with Crippen LogP contribution in [0.3, 0.4) is 0 Å². The average molecular weight is 140 g/mol. The third kappa shape index (κ3) is 1.00. The van der Waals surface area contributed by atoms with Crippen LogP contribution in [-0.2, 0) is 0 Å². The third-order valence-corrected chi connectivity index (χ3v) is 1.38. The van der Waals surface area contributed by atoms with Crippen LogP contribution in [-0.4, -0.2) is 10.6 Å². The molecule has 0 aliphatic carbocycles. The zero-order chi connectivity index (χ0) is 7.61. The summed E-state index contributed by atoms with van der Waals surface area (Å²) < 4.78 is 0. The Bertz CT molecular complexity index is 210. The summed E-state index contributed by atoms with van der Waals surface area (Å²) in [5.41, 5.74) is -1.12. The molecule has 4 heteroatoms. The number of dihydropyridines is 1. The van der Waals surface area contributed by atoms with Crippen LogP contribution in [0.15, 0.2) is 24.4 Å². The molecule has 4 nitrogen and oxygen atoms in total. The number of rotatable bonds is 1. The average Bonchev–Trinajstić information content (AvgIpc) is 1.89. The molecule has 0 saturated heterocycles. The van der Waals surface area contributed by atoms with E-state index < -0.39 is 5.66 Å². The Morgan fingerprint density at radius 2 is 2.30 bits per heavy atom. The van der Waals surface area contributed by atoms with Crippen LogP contribution in [0.25, 0.3) is 0 Å². The third-order valence-electron chi connectivity index (χ3n) is 1.38. The maximum Gasteiger partial charge on any atom is 0.310 e. The second kappa shape index (κ2) is 2.13. The van der Waals surface area contributed by atoms with Crippen molar-refractivity contribution in [2.45, 2.75) is 12.6 Å². The van der Waals surface area contributed by atoms with Crippen LogP contribution in [0.4, 0.5) is 0 Å². The first-order valence-electron chi connectivity index (χ1n) is 2.92. The fourth-order valence-electron chi connectivity index (χ4n) is 0.677. The second-order valence-corrected chi connectivity index (χ2v) is 2.27. The van der Waals surface area contributed by atoms with Crippen molar-refractivity contribution < 1.29 is 4.92 Å². The van der Waals surface area contributed by atoms with Gasteiger partial charge in [0.15, 0.2) is 0 Å². The lowest BCUT2D eigenvalue weighted by atomic mass is 10.1. The predicted molar refractivity (Wildman–Crippen MR) is 36.8 cm³/mol. The van der Waals surface area contributed by atoms with Gasteiger partial charge in [-0.15, -0.1) is 0 Å². The van der Waals surface area contributed by atoms with E-state index in [9.17, 15) is 10.1 Å². The van der Waals surface area contributed by atoms with Crippen molar-refractivity contribution in [1.29, 1.82) is 0 Å². The Kier molecular flexibility index (Phi) is 1.45. The molecule has 0 radical (unpaired) electrons. The first-order chi connectivity index (χ1) is 4.65. The molecule has 1 N–H and O–H groups in total. The van der Waals surface area contributed by atoms with Gasteiger partial charge in [-0.25, -0.2) is 0 Å². The highest BCUT2D eigenvalue weighted by molar-refractivity contribution is 5.14. The standard InChI is InChI=1S/C6H8N2O2/c1-6(8(9)10)4-2-3-5-7-6/h2-5,7H,1H3. The van der Waals surface area contributed by atoms with E-state index >= 15 is 0 Å². The van der Waals surface area contributed by atoms with Crippen molar-refractivity contribution >= 4 is 0 Å². The lowest BCUT2D eigenvalue weighted by Gasteiger charge is -2.18. The molecule has 0 aromatic heterocycles. The molecule has 1 aliphatic heterocycles. The number of hydrogen-bond acceptors (Lipinski definition) is 3.